The highest BCUT2D eigenvalue weighted by Gasteiger charge is 2.25. The van der Waals surface area contributed by atoms with Crippen molar-refractivity contribution >= 4 is 33.0 Å². The van der Waals surface area contributed by atoms with Crippen molar-refractivity contribution in [2.45, 2.75) is 44.6 Å². The number of anilines is 1. The van der Waals surface area contributed by atoms with Gasteiger partial charge in [-0.15, -0.1) is 11.3 Å². The van der Waals surface area contributed by atoms with Gasteiger partial charge in [0.2, 0.25) is 0 Å². The Morgan fingerprint density at radius 1 is 1.23 bits per heavy atom. The Kier molecular flexibility index (Phi) is 6.94. The van der Waals surface area contributed by atoms with Gasteiger partial charge in [-0.25, -0.2) is 13.2 Å². The maximum atomic E-state index is 13.1. The molecule has 0 saturated heterocycles. The first-order valence-electron chi connectivity index (χ1n) is 9.75. The molecule has 0 aliphatic carbocycles. The second-order valence-electron chi connectivity index (χ2n) is 7.07. The number of sulfonamides is 1. The highest BCUT2D eigenvalue weighted by atomic mass is 32.2. The van der Waals surface area contributed by atoms with Gasteiger partial charge in [-0.2, -0.15) is 5.10 Å². The highest BCUT2D eigenvalue weighted by Crippen LogP contribution is 2.31. The quantitative estimate of drug-likeness (QED) is 0.370. The molecule has 0 amide bonds. The van der Waals surface area contributed by atoms with Crippen LogP contribution in [0.1, 0.15) is 50.0 Å². The van der Waals surface area contributed by atoms with Crippen LogP contribution in [-0.4, -0.2) is 30.8 Å². The molecule has 1 aromatic carbocycles. The molecule has 0 radical (unpaired) electrons. The van der Waals surface area contributed by atoms with Gasteiger partial charge in [0.1, 0.15) is 10.6 Å². The molecule has 1 N–H and O–H groups in total. The Labute approximate surface area is 180 Å². The lowest BCUT2D eigenvalue weighted by Gasteiger charge is -2.09. The lowest BCUT2D eigenvalue weighted by atomic mass is 10.2. The number of hydrogen-bond acceptors (Lipinski definition) is 6. The van der Waals surface area contributed by atoms with Crippen LogP contribution in [0.4, 0.5) is 5.69 Å². The van der Waals surface area contributed by atoms with Gasteiger partial charge in [0.05, 0.1) is 17.0 Å². The molecule has 0 aliphatic heterocycles. The standard InChI is InChI=1S/C21H25N3O4S2/c1-4-5-12-28-21(25)16-8-10-17(11-9-16)23-30(26,27)19-14-24(15(2)3)22-20(19)18-7-6-13-29-18/h6-11,13-15,23H,4-5,12H2,1-3H3. The number of carbonyl (C=O) groups excluding carboxylic acids is 1. The molecule has 7 nitrogen and oxygen atoms in total. The van der Waals surface area contributed by atoms with E-state index >= 15 is 0 Å². The molecule has 0 atom stereocenters. The topological polar surface area (TPSA) is 90.3 Å². The van der Waals surface area contributed by atoms with Crippen LogP contribution in [0.3, 0.4) is 0 Å². The van der Waals surface area contributed by atoms with Crippen LogP contribution in [0.5, 0.6) is 0 Å². The summed E-state index contributed by atoms with van der Waals surface area (Å²) in [6.07, 6.45) is 3.29. The smallest absolute Gasteiger partial charge is 0.338 e. The normalized spacial score (nSPS) is 11.6. The average molecular weight is 448 g/mol. The van der Waals surface area contributed by atoms with Crippen molar-refractivity contribution in [1.82, 2.24) is 9.78 Å². The van der Waals surface area contributed by atoms with Crippen LogP contribution in [-0.2, 0) is 14.8 Å². The van der Waals surface area contributed by atoms with Gasteiger partial charge < -0.3 is 4.74 Å². The molecule has 3 aromatic rings. The Morgan fingerprint density at radius 3 is 2.57 bits per heavy atom. The van der Waals surface area contributed by atoms with Gasteiger partial charge in [-0.05, 0) is 56.0 Å². The third-order valence-electron chi connectivity index (χ3n) is 4.38. The first-order chi connectivity index (χ1) is 14.3. The van der Waals surface area contributed by atoms with Crippen molar-refractivity contribution in [2.75, 3.05) is 11.3 Å². The number of esters is 1. The lowest BCUT2D eigenvalue weighted by Crippen LogP contribution is -2.13. The minimum atomic E-state index is -3.88. The zero-order chi connectivity index (χ0) is 21.7. The molecule has 9 heteroatoms. The Bertz CT molecular complexity index is 1090. The number of carbonyl (C=O) groups is 1. The Morgan fingerprint density at radius 2 is 1.97 bits per heavy atom. The lowest BCUT2D eigenvalue weighted by molar-refractivity contribution is 0.0500. The van der Waals surface area contributed by atoms with Gasteiger partial charge in [0.25, 0.3) is 10.0 Å². The summed E-state index contributed by atoms with van der Waals surface area (Å²) < 4.78 is 35.6. The molecule has 0 unspecified atom stereocenters. The maximum Gasteiger partial charge on any atom is 0.338 e. The zero-order valence-corrected chi connectivity index (χ0v) is 18.8. The van der Waals surface area contributed by atoms with Crippen LogP contribution in [0.25, 0.3) is 10.6 Å². The molecule has 0 fully saturated rings. The van der Waals surface area contributed by atoms with Gasteiger partial charge >= 0.3 is 5.97 Å². The Balaban J connectivity index is 1.82. The number of hydrogen-bond donors (Lipinski definition) is 1. The molecule has 2 heterocycles. The number of rotatable bonds is 9. The van der Waals surface area contributed by atoms with E-state index in [1.807, 2.05) is 38.3 Å². The van der Waals surface area contributed by atoms with E-state index in [1.54, 1.807) is 35.1 Å². The van der Waals surface area contributed by atoms with Crippen LogP contribution < -0.4 is 4.72 Å². The first kappa shape index (κ1) is 22.0. The SMILES string of the molecule is CCCCOC(=O)c1ccc(NS(=O)(=O)c2cn(C(C)C)nc2-c2cccs2)cc1. The number of aromatic nitrogens is 2. The second kappa shape index (κ2) is 9.44. The fourth-order valence-corrected chi connectivity index (χ4v) is 4.69. The summed E-state index contributed by atoms with van der Waals surface area (Å²) in [5.74, 6) is -0.420. The monoisotopic (exact) mass is 447 g/mol. The number of unbranched alkanes of at least 4 members (excludes halogenated alkanes) is 1. The molecule has 3 rings (SSSR count). The third kappa shape index (κ3) is 5.09. The van der Waals surface area contributed by atoms with Crippen molar-refractivity contribution in [3.8, 4) is 10.6 Å². The van der Waals surface area contributed by atoms with Crippen molar-refractivity contribution in [3.05, 3.63) is 53.5 Å². The molecule has 0 spiro atoms. The van der Waals surface area contributed by atoms with Gasteiger partial charge in [-0.3, -0.25) is 9.40 Å². The number of benzene rings is 1. The number of nitrogens with one attached hydrogen (secondary N) is 1. The van der Waals surface area contributed by atoms with Crippen LogP contribution >= 0.6 is 11.3 Å². The predicted octanol–water partition coefficient (Wildman–Crippen LogP) is 4.95. The largest absolute Gasteiger partial charge is 0.462 e. The first-order valence-corrected chi connectivity index (χ1v) is 12.1. The minimum Gasteiger partial charge on any atom is -0.462 e. The summed E-state index contributed by atoms with van der Waals surface area (Å²) in [6.45, 7) is 6.26. The molecule has 2 aromatic heterocycles. The maximum absolute atomic E-state index is 13.1. The molecular weight excluding hydrogens is 422 g/mol. The summed E-state index contributed by atoms with van der Waals surface area (Å²) in [5, 5.41) is 6.36. The number of thiophene rings is 1. The van der Waals surface area contributed by atoms with E-state index < -0.39 is 16.0 Å². The van der Waals surface area contributed by atoms with E-state index in [9.17, 15) is 13.2 Å². The van der Waals surface area contributed by atoms with E-state index in [0.717, 1.165) is 17.7 Å². The number of nitrogens with zero attached hydrogens (tertiary/aromatic N) is 2. The van der Waals surface area contributed by atoms with Gasteiger partial charge in [0, 0.05) is 17.9 Å². The van der Waals surface area contributed by atoms with E-state index in [-0.39, 0.29) is 10.9 Å². The van der Waals surface area contributed by atoms with Gasteiger partial charge in [0.15, 0.2) is 0 Å². The van der Waals surface area contributed by atoms with Crippen molar-refractivity contribution < 1.29 is 17.9 Å². The summed E-state index contributed by atoms with van der Waals surface area (Å²) >= 11 is 1.43. The van der Waals surface area contributed by atoms with E-state index in [1.165, 1.54) is 11.3 Å². The molecular formula is C21H25N3O4S2. The van der Waals surface area contributed by atoms with Crippen LogP contribution in [0.2, 0.25) is 0 Å². The molecule has 0 aliphatic rings. The van der Waals surface area contributed by atoms with Crippen LogP contribution in [0.15, 0.2) is 52.9 Å². The molecule has 0 bridgehead atoms. The Hall–Kier alpha value is -2.65. The van der Waals surface area contributed by atoms with E-state index in [2.05, 4.69) is 9.82 Å². The molecule has 0 saturated carbocycles. The summed E-state index contributed by atoms with van der Waals surface area (Å²) in [7, 11) is -3.88. The minimum absolute atomic E-state index is 0.0191. The van der Waals surface area contributed by atoms with Crippen molar-refractivity contribution in [1.29, 1.82) is 0 Å². The number of ether oxygens (including phenoxy) is 1. The van der Waals surface area contributed by atoms with Crippen LogP contribution in [0, 0.1) is 0 Å². The van der Waals surface area contributed by atoms with E-state index in [0.29, 0.717) is 23.6 Å². The zero-order valence-electron chi connectivity index (χ0n) is 17.2. The third-order valence-corrected chi connectivity index (χ3v) is 6.63. The van der Waals surface area contributed by atoms with Crippen molar-refractivity contribution in [3.63, 3.8) is 0 Å². The average Bonchev–Trinajstić information content (AvgIpc) is 3.38. The fourth-order valence-electron chi connectivity index (χ4n) is 2.70. The predicted molar refractivity (Wildman–Crippen MR) is 118 cm³/mol. The summed E-state index contributed by atoms with van der Waals surface area (Å²) in [5.41, 5.74) is 1.15. The molecule has 30 heavy (non-hydrogen) atoms. The molecule has 160 valence electrons. The summed E-state index contributed by atoms with van der Waals surface area (Å²) in [6, 6.07) is 9.91. The fraction of sp³-hybridized carbons (Fsp3) is 0.333. The highest BCUT2D eigenvalue weighted by molar-refractivity contribution is 7.92. The van der Waals surface area contributed by atoms with Crippen molar-refractivity contribution in [2.24, 2.45) is 0 Å². The summed E-state index contributed by atoms with van der Waals surface area (Å²) in [4.78, 5) is 12.9. The second-order valence-corrected chi connectivity index (χ2v) is 9.66. The van der Waals surface area contributed by atoms with Gasteiger partial charge in [-0.1, -0.05) is 19.4 Å². The van der Waals surface area contributed by atoms with E-state index in [4.69, 9.17) is 4.74 Å².